The van der Waals surface area contributed by atoms with Gasteiger partial charge in [-0.15, -0.1) is 0 Å². The Morgan fingerprint density at radius 3 is 2.13 bits per heavy atom. The molecule has 31 heavy (non-hydrogen) atoms. The number of amides is 2. The van der Waals surface area contributed by atoms with Crippen LogP contribution in [0.4, 0.5) is 11.4 Å². The fraction of sp³-hybridized carbons (Fsp3) is 0.462. The lowest BCUT2D eigenvalue weighted by Gasteiger charge is -2.33. The highest BCUT2D eigenvalue weighted by Gasteiger charge is 2.25. The van der Waals surface area contributed by atoms with Gasteiger partial charge in [0.05, 0.1) is 6.04 Å². The van der Waals surface area contributed by atoms with Crippen LogP contribution in [-0.4, -0.2) is 30.8 Å². The molecule has 5 heteroatoms. The van der Waals surface area contributed by atoms with Crippen LogP contribution >= 0.6 is 0 Å². The third-order valence-electron chi connectivity index (χ3n) is 5.31. The summed E-state index contributed by atoms with van der Waals surface area (Å²) in [5, 5.41) is 3.01. The molecule has 2 amide bonds. The van der Waals surface area contributed by atoms with Crippen LogP contribution in [0, 0.1) is 11.8 Å². The lowest BCUT2D eigenvalue weighted by molar-refractivity contribution is -0.137. The molecular weight excluding hydrogens is 386 g/mol. The van der Waals surface area contributed by atoms with Crippen molar-refractivity contribution in [1.82, 2.24) is 4.90 Å². The first-order valence-electron chi connectivity index (χ1n) is 11.1. The minimum Gasteiger partial charge on any atom is -0.377 e. The third kappa shape index (κ3) is 6.84. The number of hydrogen-bond acceptors (Lipinski definition) is 3. The Morgan fingerprint density at radius 2 is 1.58 bits per heavy atom. The maximum Gasteiger partial charge on any atom is 0.225 e. The van der Waals surface area contributed by atoms with Crippen molar-refractivity contribution in [2.75, 3.05) is 24.3 Å². The Morgan fingerprint density at radius 1 is 0.935 bits per heavy atom. The van der Waals surface area contributed by atoms with Crippen LogP contribution in [0.15, 0.2) is 48.5 Å². The van der Waals surface area contributed by atoms with Gasteiger partial charge in [0.2, 0.25) is 11.8 Å². The summed E-state index contributed by atoms with van der Waals surface area (Å²) in [5.41, 5.74) is 3.90. The molecule has 168 valence electrons. The predicted molar refractivity (Wildman–Crippen MR) is 129 cm³/mol. The molecule has 1 atom stereocenters. The molecule has 2 rings (SSSR count). The second-order valence-corrected chi connectivity index (χ2v) is 9.09. The van der Waals surface area contributed by atoms with E-state index in [1.807, 2.05) is 88.0 Å². The number of carbonyl (C=O) groups is 2. The van der Waals surface area contributed by atoms with Gasteiger partial charge in [-0.05, 0) is 42.2 Å². The fourth-order valence-corrected chi connectivity index (χ4v) is 3.64. The Hall–Kier alpha value is -2.82. The molecule has 0 saturated carbocycles. The van der Waals surface area contributed by atoms with Crippen LogP contribution in [0.3, 0.4) is 0 Å². The van der Waals surface area contributed by atoms with Crippen molar-refractivity contribution in [2.45, 2.75) is 53.6 Å². The van der Waals surface area contributed by atoms with Gasteiger partial charge >= 0.3 is 0 Å². The summed E-state index contributed by atoms with van der Waals surface area (Å²) in [6, 6.07) is 16.0. The molecular formula is C26H37N3O2. The first-order valence-corrected chi connectivity index (χ1v) is 11.1. The van der Waals surface area contributed by atoms with Gasteiger partial charge in [-0.25, -0.2) is 0 Å². The minimum absolute atomic E-state index is 0.00585. The smallest absolute Gasteiger partial charge is 0.225 e. The monoisotopic (exact) mass is 423 g/mol. The number of rotatable bonds is 9. The maximum absolute atomic E-state index is 13.2. The van der Waals surface area contributed by atoms with Gasteiger partial charge in [0.25, 0.3) is 0 Å². The van der Waals surface area contributed by atoms with E-state index < -0.39 is 0 Å². The zero-order valence-electron chi connectivity index (χ0n) is 20.0. The Bertz CT molecular complexity index is 875. The van der Waals surface area contributed by atoms with E-state index >= 15 is 0 Å². The summed E-state index contributed by atoms with van der Waals surface area (Å²) < 4.78 is 0. The molecule has 0 aliphatic carbocycles. The molecule has 2 aromatic rings. The van der Waals surface area contributed by atoms with Crippen molar-refractivity contribution in [3.63, 3.8) is 0 Å². The number of nitrogens with zero attached hydrogens (tertiary/aromatic N) is 2. The Kier molecular flexibility index (Phi) is 8.66. The first-order chi connectivity index (χ1) is 14.6. The van der Waals surface area contributed by atoms with Crippen molar-refractivity contribution in [3.8, 4) is 0 Å². The molecule has 0 aliphatic heterocycles. The van der Waals surface area contributed by atoms with Gasteiger partial charge in [0, 0.05) is 44.4 Å². The second kappa shape index (κ2) is 11.0. The normalized spacial score (nSPS) is 12.0. The van der Waals surface area contributed by atoms with Crippen molar-refractivity contribution >= 4 is 23.2 Å². The van der Waals surface area contributed by atoms with E-state index in [-0.39, 0.29) is 23.8 Å². The first kappa shape index (κ1) is 24.4. The summed E-state index contributed by atoms with van der Waals surface area (Å²) in [7, 11) is 3.98. The summed E-state index contributed by atoms with van der Waals surface area (Å²) in [4.78, 5) is 29.4. The van der Waals surface area contributed by atoms with Gasteiger partial charge in [0.1, 0.15) is 0 Å². The van der Waals surface area contributed by atoms with E-state index in [2.05, 4.69) is 24.4 Å². The second-order valence-electron chi connectivity index (χ2n) is 9.09. The lowest BCUT2D eigenvalue weighted by Crippen LogP contribution is -2.36. The van der Waals surface area contributed by atoms with Crippen molar-refractivity contribution in [1.29, 1.82) is 0 Å². The summed E-state index contributed by atoms with van der Waals surface area (Å²) in [6.07, 6.45) is 0.480. The van der Waals surface area contributed by atoms with Gasteiger partial charge in [-0.3, -0.25) is 9.59 Å². The zero-order valence-corrected chi connectivity index (χ0v) is 20.0. The van der Waals surface area contributed by atoms with Crippen LogP contribution in [0.25, 0.3) is 0 Å². The van der Waals surface area contributed by atoms with E-state index in [1.165, 1.54) is 0 Å². The molecule has 2 aromatic carbocycles. The van der Waals surface area contributed by atoms with Crippen LogP contribution < -0.4 is 10.2 Å². The molecule has 0 saturated heterocycles. The summed E-state index contributed by atoms with van der Waals surface area (Å²) >= 11 is 0. The maximum atomic E-state index is 13.2. The van der Waals surface area contributed by atoms with Crippen LogP contribution in [0.2, 0.25) is 0 Å². The minimum atomic E-state index is -0.108. The molecule has 0 bridgehead atoms. The third-order valence-corrected chi connectivity index (χ3v) is 5.31. The highest BCUT2D eigenvalue weighted by Crippen LogP contribution is 2.30. The average molecular weight is 424 g/mol. The topological polar surface area (TPSA) is 52.7 Å². The fourth-order valence-electron chi connectivity index (χ4n) is 3.64. The van der Waals surface area contributed by atoms with Crippen molar-refractivity contribution in [3.05, 3.63) is 59.7 Å². The Labute approximate surface area is 187 Å². The molecule has 1 N–H and O–H groups in total. The standard InChI is InChI=1S/C26H37N3O2/c1-18(2)15-25(30)27-23-13-14-24(28(6)7)22(16-23)17-29(26(31)19(3)4)20(5)21-11-9-8-10-12-21/h8-14,16,18-20H,15,17H2,1-7H3,(H,27,30)/t20-/m0/s1. The number of nitrogens with one attached hydrogen (secondary N) is 1. The van der Waals surface area contributed by atoms with Crippen LogP contribution in [0.1, 0.15) is 58.2 Å². The zero-order chi connectivity index (χ0) is 23.1. The van der Waals surface area contributed by atoms with E-state index in [1.54, 1.807) is 0 Å². The van der Waals surface area contributed by atoms with Gasteiger partial charge in [0.15, 0.2) is 0 Å². The van der Waals surface area contributed by atoms with Crippen molar-refractivity contribution in [2.24, 2.45) is 11.8 Å². The molecule has 0 aromatic heterocycles. The lowest BCUT2D eigenvalue weighted by atomic mass is 10.0. The molecule has 0 radical (unpaired) electrons. The SMILES string of the molecule is CC(C)CC(=O)Nc1ccc(N(C)C)c(CN(C(=O)C(C)C)[C@@H](C)c2ccccc2)c1. The molecule has 0 fully saturated rings. The van der Waals surface area contributed by atoms with E-state index in [9.17, 15) is 9.59 Å². The quantitative estimate of drug-likeness (QED) is 0.581. The van der Waals surface area contributed by atoms with Gasteiger partial charge < -0.3 is 15.1 Å². The predicted octanol–water partition coefficient (Wildman–Crippen LogP) is 5.48. The molecule has 0 spiro atoms. The number of anilines is 2. The largest absolute Gasteiger partial charge is 0.377 e. The summed E-state index contributed by atoms with van der Waals surface area (Å²) in [5.74, 6) is 0.302. The molecule has 0 aliphatic rings. The van der Waals surface area contributed by atoms with Gasteiger partial charge in [-0.2, -0.15) is 0 Å². The van der Waals surface area contributed by atoms with Crippen LogP contribution in [0.5, 0.6) is 0 Å². The van der Waals surface area contributed by atoms with Gasteiger partial charge in [-0.1, -0.05) is 58.0 Å². The number of hydrogen-bond donors (Lipinski definition) is 1. The summed E-state index contributed by atoms with van der Waals surface area (Å²) in [6.45, 7) is 10.5. The van der Waals surface area contributed by atoms with E-state index in [0.717, 1.165) is 22.5 Å². The van der Waals surface area contributed by atoms with Crippen molar-refractivity contribution < 1.29 is 9.59 Å². The Balaban J connectivity index is 2.40. The van der Waals surface area contributed by atoms with E-state index in [0.29, 0.717) is 18.9 Å². The molecule has 0 unspecified atom stereocenters. The van der Waals surface area contributed by atoms with E-state index in [4.69, 9.17) is 0 Å². The number of carbonyl (C=O) groups excluding carboxylic acids is 2. The average Bonchev–Trinajstić information content (AvgIpc) is 2.70. The highest BCUT2D eigenvalue weighted by atomic mass is 16.2. The van der Waals surface area contributed by atoms with Crippen LogP contribution in [-0.2, 0) is 16.1 Å². The molecule has 5 nitrogen and oxygen atoms in total. The number of benzene rings is 2. The molecule has 0 heterocycles. The highest BCUT2D eigenvalue weighted by molar-refractivity contribution is 5.91.